The van der Waals surface area contributed by atoms with Crippen molar-refractivity contribution in [2.24, 2.45) is 0 Å². The van der Waals surface area contributed by atoms with Gasteiger partial charge >= 0.3 is 12.0 Å². The number of hydrogen-bond acceptors (Lipinski definition) is 7. The van der Waals surface area contributed by atoms with Gasteiger partial charge in [-0.3, -0.25) is 9.69 Å². The number of rotatable bonds is 5. The number of furan rings is 1. The predicted octanol–water partition coefficient (Wildman–Crippen LogP) is 4.38. The Morgan fingerprint density at radius 3 is 2.81 bits per heavy atom. The molecule has 2 aliphatic rings. The molecule has 0 bridgehead atoms. The number of fused-ring (bicyclic) bond motifs is 1. The van der Waals surface area contributed by atoms with Gasteiger partial charge < -0.3 is 19.0 Å². The van der Waals surface area contributed by atoms with E-state index < -0.39 is 17.9 Å². The highest BCUT2D eigenvalue weighted by atomic mass is 32.1. The van der Waals surface area contributed by atoms with Crippen LogP contribution in [0.3, 0.4) is 0 Å². The number of aryl methyl sites for hydroxylation is 2. The maximum atomic E-state index is 13.0. The molecule has 1 saturated heterocycles. The van der Waals surface area contributed by atoms with Crippen molar-refractivity contribution in [3.05, 3.63) is 68.4 Å². The molecule has 1 aliphatic carbocycles. The lowest BCUT2D eigenvalue weighted by atomic mass is 9.96. The number of imide groups is 1. The van der Waals surface area contributed by atoms with Gasteiger partial charge in [-0.25, -0.2) is 9.59 Å². The van der Waals surface area contributed by atoms with E-state index in [1.54, 1.807) is 17.4 Å². The molecular formula is C26H24N4O5S. The molecule has 0 spiro atoms. The Bertz CT molecular complexity index is 1480. The molecule has 3 aromatic rings. The minimum atomic E-state index is -0.638. The number of amides is 3. The van der Waals surface area contributed by atoms with E-state index in [2.05, 4.69) is 20.7 Å². The van der Waals surface area contributed by atoms with Crippen molar-refractivity contribution in [3.63, 3.8) is 0 Å². The largest absolute Gasteiger partial charge is 0.463 e. The molecule has 0 unspecified atom stereocenters. The highest BCUT2D eigenvalue weighted by Crippen LogP contribution is 2.38. The Kier molecular flexibility index (Phi) is 6.02. The number of esters is 1. The number of nitrogens with zero attached hydrogens (tertiary/aromatic N) is 3. The first-order valence-electron chi connectivity index (χ1n) is 11.6. The number of aromatic nitrogens is 1. The second-order valence-electron chi connectivity index (χ2n) is 8.80. The maximum Gasteiger partial charge on any atom is 0.373 e. The fourth-order valence-corrected chi connectivity index (χ4v) is 6.22. The standard InChI is InChI=1S/C26H24N4O5S/c1-14-10-16(15(2)30(14)24-19(12-27)18-6-4-5-7-22(18)36-24)11-20-23(31)29(26(33)28-20)13-17-8-9-21(35-17)25(32)34-3/h8-11H,4-7,13H2,1-3H3,(H,28,33)/b20-11-. The zero-order valence-electron chi connectivity index (χ0n) is 20.1. The summed E-state index contributed by atoms with van der Waals surface area (Å²) in [5, 5.41) is 13.4. The fourth-order valence-electron chi connectivity index (χ4n) is 4.77. The number of carbonyl (C=O) groups is 3. The summed E-state index contributed by atoms with van der Waals surface area (Å²) in [6, 6.07) is 6.74. The smallest absolute Gasteiger partial charge is 0.373 e. The van der Waals surface area contributed by atoms with Crippen LogP contribution in [0.25, 0.3) is 11.1 Å². The van der Waals surface area contributed by atoms with Crippen molar-refractivity contribution < 1.29 is 23.5 Å². The van der Waals surface area contributed by atoms with Gasteiger partial charge in [-0.1, -0.05) is 0 Å². The third kappa shape index (κ3) is 3.91. The summed E-state index contributed by atoms with van der Waals surface area (Å²) in [6.45, 7) is 3.78. The molecule has 0 radical (unpaired) electrons. The van der Waals surface area contributed by atoms with Crippen LogP contribution in [0.2, 0.25) is 0 Å². The maximum absolute atomic E-state index is 13.0. The van der Waals surface area contributed by atoms with Crippen molar-refractivity contribution in [1.29, 1.82) is 5.26 Å². The van der Waals surface area contributed by atoms with Crippen LogP contribution in [0.5, 0.6) is 0 Å². The van der Waals surface area contributed by atoms with Crippen LogP contribution in [0, 0.1) is 25.2 Å². The average Bonchev–Trinajstić information content (AvgIpc) is 3.61. The van der Waals surface area contributed by atoms with Crippen LogP contribution in [0.4, 0.5) is 4.79 Å². The lowest BCUT2D eigenvalue weighted by Gasteiger charge is -2.10. The predicted molar refractivity (Wildman–Crippen MR) is 132 cm³/mol. The number of nitriles is 1. The van der Waals surface area contributed by atoms with Crippen LogP contribution in [-0.4, -0.2) is 34.5 Å². The number of ether oxygens (including phenoxy) is 1. The van der Waals surface area contributed by atoms with E-state index in [0.717, 1.165) is 58.1 Å². The highest BCUT2D eigenvalue weighted by Gasteiger charge is 2.35. The van der Waals surface area contributed by atoms with Crippen molar-refractivity contribution in [2.75, 3.05) is 7.11 Å². The van der Waals surface area contributed by atoms with Crippen LogP contribution in [0.1, 0.15) is 62.1 Å². The van der Waals surface area contributed by atoms with Crippen LogP contribution in [-0.2, 0) is 28.9 Å². The molecule has 3 amide bonds. The lowest BCUT2D eigenvalue weighted by Crippen LogP contribution is -2.30. The van der Waals surface area contributed by atoms with Gasteiger partial charge in [-0.05, 0) is 74.9 Å². The number of thiophene rings is 1. The van der Waals surface area contributed by atoms with Crippen molar-refractivity contribution in [1.82, 2.24) is 14.8 Å². The first-order valence-corrected chi connectivity index (χ1v) is 12.4. The number of nitrogens with one attached hydrogen (secondary N) is 1. The molecule has 36 heavy (non-hydrogen) atoms. The zero-order chi connectivity index (χ0) is 25.6. The van der Waals surface area contributed by atoms with E-state index >= 15 is 0 Å². The fraction of sp³-hybridized carbons (Fsp3) is 0.308. The first kappa shape index (κ1) is 23.6. The lowest BCUT2D eigenvalue weighted by molar-refractivity contribution is -0.123. The Balaban J connectivity index is 1.43. The van der Waals surface area contributed by atoms with E-state index in [9.17, 15) is 19.6 Å². The summed E-state index contributed by atoms with van der Waals surface area (Å²) in [6.07, 6.45) is 5.81. The topological polar surface area (TPSA) is 118 Å². The number of methoxy groups -OCH3 is 1. The van der Waals surface area contributed by atoms with Crippen LogP contribution in [0.15, 0.2) is 28.3 Å². The monoisotopic (exact) mass is 504 g/mol. The third-order valence-electron chi connectivity index (χ3n) is 6.56. The molecule has 10 heteroatoms. The second-order valence-corrected chi connectivity index (χ2v) is 9.89. The van der Waals surface area contributed by atoms with Gasteiger partial charge in [0.05, 0.1) is 19.2 Å². The van der Waals surface area contributed by atoms with E-state index in [4.69, 9.17) is 4.42 Å². The van der Waals surface area contributed by atoms with Crippen molar-refractivity contribution in [3.8, 4) is 11.1 Å². The SMILES string of the molecule is COC(=O)c1ccc(CN2C(=O)N/C(=C\c3cc(C)n(-c4sc5c(c4C#N)CCCC5)c3C)C2=O)o1. The quantitative estimate of drug-likeness (QED) is 0.313. The Morgan fingerprint density at radius 1 is 1.28 bits per heavy atom. The molecule has 0 saturated carbocycles. The summed E-state index contributed by atoms with van der Waals surface area (Å²) in [7, 11) is 1.24. The van der Waals surface area contributed by atoms with Gasteiger partial charge in [-0.15, -0.1) is 11.3 Å². The van der Waals surface area contributed by atoms with Gasteiger partial charge in [-0.2, -0.15) is 5.26 Å². The Labute approximate surface area is 211 Å². The van der Waals surface area contributed by atoms with E-state index in [-0.39, 0.29) is 23.8 Å². The van der Waals surface area contributed by atoms with E-state index in [1.165, 1.54) is 29.7 Å². The normalized spacial score (nSPS) is 16.3. The molecular weight excluding hydrogens is 480 g/mol. The number of urea groups is 1. The molecule has 0 atom stereocenters. The summed E-state index contributed by atoms with van der Waals surface area (Å²) < 4.78 is 12.1. The molecule has 3 aromatic heterocycles. The zero-order valence-corrected chi connectivity index (χ0v) is 21.0. The molecule has 1 aliphatic heterocycles. The van der Waals surface area contributed by atoms with Gasteiger partial charge in [0.25, 0.3) is 5.91 Å². The minimum Gasteiger partial charge on any atom is -0.463 e. The number of hydrogen-bond donors (Lipinski definition) is 1. The third-order valence-corrected chi connectivity index (χ3v) is 7.84. The Morgan fingerprint density at radius 2 is 2.06 bits per heavy atom. The van der Waals surface area contributed by atoms with Crippen LogP contribution >= 0.6 is 11.3 Å². The van der Waals surface area contributed by atoms with Gasteiger partial charge in [0.2, 0.25) is 5.76 Å². The van der Waals surface area contributed by atoms with Crippen molar-refractivity contribution in [2.45, 2.75) is 46.1 Å². The van der Waals surface area contributed by atoms with E-state index in [0.29, 0.717) is 0 Å². The first-order chi connectivity index (χ1) is 17.3. The summed E-state index contributed by atoms with van der Waals surface area (Å²) in [4.78, 5) is 39.5. The highest BCUT2D eigenvalue weighted by molar-refractivity contribution is 7.15. The second kappa shape index (κ2) is 9.17. The molecule has 4 heterocycles. The van der Waals surface area contributed by atoms with Gasteiger partial charge in [0.15, 0.2) is 0 Å². The Hall–Kier alpha value is -4.10. The molecule has 1 fully saturated rings. The molecule has 1 N–H and O–H groups in total. The summed E-state index contributed by atoms with van der Waals surface area (Å²) in [5.74, 6) is -0.857. The average molecular weight is 505 g/mol. The summed E-state index contributed by atoms with van der Waals surface area (Å²) in [5.41, 5.74) is 4.64. The molecule has 0 aromatic carbocycles. The molecule has 184 valence electrons. The van der Waals surface area contributed by atoms with E-state index in [1.807, 2.05) is 19.9 Å². The molecule has 9 nitrogen and oxygen atoms in total. The van der Waals surface area contributed by atoms with Gasteiger partial charge in [0, 0.05) is 16.3 Å². The van der Waals surface area contributed by atoms with Crippen LogP contribution < -0.4 is 5.32 Å². The van der Waals surface area contributed by atoms with Crippen molar-refractivity contribution >= 4 is 35.3 Å². The minimum absolute atomic E-state index is 0.00486. The number of carbonyl (C=O) groups excluding carboxylic acids is 3. The summed E-state index contributed by atoms with van der Waals surface area (Å²) >= 11 is 1.66. The van der Waals surface area contributed by atoms with Gasteiger partial charge in [0.1, 0.15) is 22.5 Å². The molecule has 5 rings (SSSR count).